The third kappa shape index (κ3) is 5.41. The molecule has 3 N–H and O–H groups in total. The van der Waals surface area contributed by atoms with Crippen molar-refractivity contribution in [2.75, 3.05) is 18.4 Å². The molecule has 1 fully saturated rings. The number of nitrogens with one attached hydrogen (secondary N) is 1. The molecule has 0 saturated carbocycles. The molecular weight excluding hydrogens is 309 g/mol. The summed E-state index contributed by atoms with van der Waals surface area (Å²) in [7, 11) is 2.09. The maximum Gasteiger partial charge on any atom is 0.217 e. The van der Waals surface area contributed by atoms with Crippen LogP contribution in [0.3, 0.4) is 0 Å². The second kappa shape index (κ2) is 8.28. The highest BCUT2D eigenvalue weighted by Gasteiger charge is 2.24. The molecule has 4 nitrogen and oxygen atoms in total. The highest BCUT2D eigenvalue weighted by molar-refractivity contribution is 6.32. The molecule has 0 radical (unpaired) electrons. The van der Waals surface area contributed by atoms with Crippen LogP contribution >= 0.6 is 0 Å². The summed E-state index contributed by atoms with van der Waals surface area (Å²) < 4.78 is 0. The fourth-order valence-electron chi connectivity index (χ4n) is 3.59. The molecule has 0 aromatic heterocycles. The maximum atomic E-state index is 11.0. The van der Waals surface area contributed by atoms with E-state index in [9.17, 15) is 4.79 Å². The van der Waals surface area contributed by atoms with E-state index in [-0.39, 0.29) is 5.91 Å². The Morgan fingerprint density at radius 1 is 1.28 bits per heavy atom. The highest BCUT2D eigenvalue weighted by atomic mass is 16.1. The van der Waals surface area contributed by atoms with Crippen molar-refractivity contribution in [2.45, 2.75) is 33.1 Å². The third-order valence-corrected chi connectivity index (χ3v) is 4.72. The molecule has 134 valence electrons. The molecule has 0 bridgehead atoms. The van der Waals surface area contributed by atoms with E-state index in [1.807, 2.05) is 0 Å². The summed E-state index contributed by atoms with van der Waals surface area (Å²) in [4.78, 5) is 13.4. The van der Waals surface area contributed by atoms with E-state index in [4.69, 9.17) is 5.73 Å². The lowest BCUT2D eigenvalue weighted by Crippen LogP contribution is -2.37. The van der Waals surface area contributed by atoms with Crippen LogP contribution < -0.4 is 16.5 Å². The summed E-state index contributed by atoms with van der Waals surface area (Å²) in [6.07, 6.45) is 2.11. The number of benzene rings is 1. The smallest absolute Gasteiger partial charge is 0.217 e. The van der Waals surface area contributed by atoms with Crippen molar-refractivity contribution < 1.29 is 4.79 Å². The van der Waals surface area contributed by atoms with Gasteiger partial charge in [-0.25, -0.2) is 0 Å². The number of nitrogens with two attached hydrogens (primary N) is 1. The first-order chi connectivity index (χ1) is 11.8. The average Bonchev–Trinajstić information content (AvgIpc) is 2.53. The largest absolute Gasteiger partial charge is 0.371 e. The molecule has 2 rings (SSSR count). The number of likely N-dealkylation sites (tertiary alicyclic amines) is 1. The first-order valence-corrected chi connectivity index (χ1v) is 9.04. The predicted molar refractivity (Wildman–Crippen MR) is 109 cm³/mol. The van der Waals surface area contributed by atoms with Gasteiger partial charge in [-0.05, 0) is 30.7 Å². The minimum Gasteiger partial charge on any atom is -0.371 e. The minimum atomic E-state index is -0.312. The van der Waals surface area contributed by atoms with Gasteiger partial charge in [0, 0.05) is 42.2 Å². The molecule has 25 heavy (non-hydrogen) atoms. The van der Waals surface area contributed by atoms with Crippen molar-refractivity contribution in [3.8, 4) is 0 Å². The van der Waals surface area contributed by atoms with Gasteiger partial charge in [-0.3, -0.25) is 4.79 Å². The molecule has 1 aliphatic heterocycles. The number of piperidine rings is 1. The number of rotatable bonds is 7. The van der Waals surface area contributed by atoms with Crippen molar-refractivity contribution in [2.24, 2.45) is 17.6 Å². The van der Waals surface area contributed by atoms with Crippen LogP contribution in [0.25, 0.3) is 5.70 Å². The van der Waals surface area contributed by atoms with Crippen molar-refractivity contribution >= 4 is 30.6 Å². The number of hydrogen-bond donors (Lipinski definition) is 2. The lowest BCUT2D eigenvalue weighted by atomic mass is 9.89. The number of carbonyl (C=O) groups is 1. The van der Waals surface area contributed by atoms with E-state index in [2.05, 4.69) is 63.3 Å². The topological polar surface area (TPSA) is 58.4 Å². The highest BCUT2D eigenvalue weighted by Crippen LogP contribution is 2.31. The Labute approximate surface area is 152 Å². The molecule has 2 atom stereocenters. The van der Waals surface area contributed by atoms with Crippen molar-refractivity contribution in [3.63, 3.8) is 0 Å². The van der Waals surface area contributed by atoms with Gasteiger partial charge in [-0.1, -0.05) is 44.6 Å². The lowest BCUT2D eigenvalue weighted by Gasteiger charge is -2.38. The summed E-state index contributed by atoms with van der Waals surface area (Å²) in [6.45, 7) is 15.1. The first-order valence-electron chi connectivity index (χ1n) is 9.04. The first kappa shape index (κ1) is 19.2. The van der Waals surface area contributed by atoms with Crippen LogP contribution in [0.15, 0.2) is 37.1 Å². The van der Waals surface area contributed by atoms with Crippen molar-refractivity contribution in [1.82, 2.24) is 4.90 Å². The number of allylic oxidation sites excluding steroid dienone is 1. The lowest BCUT2D eigenvalue weighted by molar-refractivity contribution is -0.117. The number of anilines is 1. The summed E-state index contributed by atoms with van der Waals surface area (Å²) in [6, 6.07) is 6.29. The van der Waals surface area contributed by atoms with Crippen LogP contribution in [0.1, 0.15) is 38.7 Å². The van der Waals surface area contributed by atoms with Gasteiger partial charge in [0.05, 0.1) is 0 Å². The van der Waals surface area contributed by atoms with E-state index in [1.54, 1.807) is 0 Å². The summed E-state index contributed by atoms with van der Waals surface area (Å²) >= 11 is 0. The molecule has 0 unspecified atom stereocenters. The predicted octanol–water partition coefficient (Wildman–Crippen LogP) is 2.08. The Bertz CT molecular complexity index is 661. The van der Waals surface area contributed by atoms with Gasteiger partial charge in [-0.15, -0.1) is 0 Å². The Hall–Kier alpha value is -2.17. The van der Waals surface area contributed by atoms with Gasteiger partial charge >= 0.3 is 0 Å². The van der Waals surface area contributed by atoms with Crippen LogP contribution in [0.4, 0.5) is 5.69 Å². The van der Waals surface area contributed by atoms with Crippen molar-refractivity contribution in [3.05, 3.63) is 42.6 Å². The molecule has 1 saturated heterocycles. The normalized spacial score (nSPS) is 20.2. The fourth-order valence-corrected chi connectivity index (χ4v) is 3.59. The van der Waals surface area contributed by atoms with E-state index in [0.717, 1.165) is 35.7 Å². The van der Waals surface area contributed by atoms with E-state index < -0.39 is 0 Å². The summed E-state index contributed by atoms with van der Waals surface area (Å²) in [5.41, 5.74) is 10.3. The zero-order chi connectivity index (χ0) is 18.6. The standard InChI is InChI=1S/C20H30BN3O/c1-13-9-14(2)12-24(11-13)16(4)18-10-17(21)6-7-19(18)23-15(3)5-8-20(22)25/h6-7,10,13-14,23H,3-5,8-9,11-12,21H2,1-2H3,(H2,22,25)/t13-,14+. The van der Waals surface area contributed by atoms with Crippen LogP contribution in [-0.4, -0.2) is 31.7 Å². The molecule has 0 aliphatic carbocycles. The second-order valence-electron chi connectivity index (χ2n) is 7.54. The van der Waals surface area contributed by atoms with Crippen LogP contribution in [-0.2, 0) is 4.79 Å². The third-order valence-electron chi connectivity index (χ3n) is 4.72. The van der Waals surface area contributed by atoms with Crippen LogP contribution in [0.2, 0.25) is 0 Å². The SMILES string of the molecule is Bc1ccc(NC(=C)CCC(N)=O)c(C(=C)N2C[C@H](C)C[C@H](C)C2)c1. The quantitative estimate of drug-likeness (QED) is 0.748. The van der Waals surface area contributed by atoms with Gasteiger partial charge in [0.15, 0.2) is 0 Å². The van der Waals surface area contributed by atoms with Gasteiger partial charge in [0.2, 0.25) is 5.91 Å². The van der Waals surface area contributed by atoms with Gasteiger partial charge < -0.3 is 16.0 Å². The van der Waals surface area contributed by atoms with E-state index in [1.165, 1.54) is 11.9 Å². The number of primary amides is 1. The Kier molecular flexibility index (Phi) is 6.35. The molecular formula is C20H30BN3O. The molecule has 5 heteroatoms. The van der Waals surface area contributed by atoms with E-state index in [0.29, 0.717) is 24.7 Å². The minimum absolute atomic E-state index is 0.301. The summed E-state index contributed by atoms with van der Waals surface area (Å²) in [5.74, 6) is 1.03. The average molecular weight is 339 g/mol. The monoisotopic (exact) mass is 339 g/mol. The molecule has 0 spiro atoms. The number of amides is 1. The van der Waals surface area contributed by atoms with Crippen LogP contribution in [0.5, 0.6) is 0 Å². The fraction of sp³-hybridized carbons (Fsp3) is 0.450. The zero-order valence-electron chi connectivity index (χ0n) is 15.8. The number of hydrogen-bond acceptors (Lipinski definition) is 3. The number of nitrogens with zero attached hydrogens (tertiary/aromatic N) is 1. The van der Waals surface area contributed by atoms with Crippen molar-refractivity contribution in [1.29, 1.82) is 0 Å². The van der Waals surface area contributed by atoms with Gasteiger partial charge in [0.25, 0.3) is 0 Å². The Balaban J connectivity index is 2.18. The molecule has 1 heterocycles. The number of carbonyl (C=O) groups excluding carboxylic acids is 1. The Morgan fingerprint density at radius 3 is 2.52 bits per heavy atom. The van der Waals surface area contributed by atoms with Gasteiger partial charge in [-0.2, -0.15) is 0 Å². The second-order valence-corrected chi connectivity index (χ2v) is 7.54. The maximum absolute atomic E-state index is 11.0. The molecule has 1 aromatic carbocycles. The van der Waals surface area contributed by atoms with E-state index >= 15 is 0 Å². The molecule has 1 amide bonds. The van der Waals surface area contributed by atoms with Crippen LogP contribution in [0, 0.1) is 11.8 Å². The summed E-state index contributed by atoms with van der Waals surface area (Å²) in [5, 5.41) is 3.35. The zero-order valence-corrected chi connectivity index (χ0v) is 15.8. The molecule has 1 aliphatic rings. The molecule has 1 aromatic rings. The van der Waals surface area contributed by atoms with Gasteiger partial charge in [0.1, 0.15) is 7.85 Å². The Morgan fingerprint density at radius 2 is 1.92 bits per heavy atom.